The van der Waals surface area contributed by atoms with Crippen molar-refractivity contribution in [3.8, 4) is 0 Å². The van der Waals surface area contributed by atoms with E-state index in [9.17, 15) is 4.79 Å². The van der Waals surface area contributed by atoms with Gasteiger partial charge in [0.25, 0.3) is 0 Å². The third kappa shape index (κ3) is 1.93. The minimum atomic E-state index is -0.120. The number of allylic oxidation sites excluding steroid dienone is 3. The van der Waals surface area contributed by atoms with E-state index in [-0.39, 0.29) is 11.8 Å². The van der Waals surface area contributed by atoms with Crippen molar-refractivity contribution in [1.82, 2.24) is 4.90 Å². The van der Waals surface area contributed by atoms with Gasteiger partial charge in [0.05, 0.1) is 5.92 Å². The van der Waals surface area contributed by atoms with Crippen LogP contribution in [0.3, 0.4) is 0 Å². The molecule has 0 aromatic rings. The molecule has 2 fully saturated rings. The zero-order chi connectivity index (χ0) is 11.8. The van der Waals surface area contributed by atoms with E-state index in [1.807, 2.05) is 0 Å². The second-order valence-electron chi connectivity index (χ2n) is 5.55. The van der Waals surface area contributed by atoms with E-state index in [2.05, 4.69) is 29.2 Å². The first kappa shape index (κ1) is 11.0. The smallest absolute Gasteiger partial charge is 0.221 e. The van der Waals surface area contributed by atoms with Gasteiger partial charge < -0.3 is 5.73 Å². The van der Waals surface area contributed by atoms with Gasteiger partial charge in [-0.15, -0.1) is 0 Å². The number of nitrogens with two attached hydrogens (primary N) is 1. The number of carbonyl (C=O) groups excluding carboxylic acids is 1. The predicted molar refractivity (Wildman–Crippen MR) is 67.2 cm³/mol. The van der Waals surface area contributed by atoms with E-state index in [1.165, 1.54) is 12.8 Å². The average molecular weight is 232 g/mol. The lowest BCUT2D eigenvalue weighted by atomic mass is 9.80. The molecule has 0 saturated carbocycles. The number of primary amides is 1. The third-order valence-electron chi connectivity index (χ3n) is 4.58. The Labute approximate surface area is 102 Å². The Kier molecular flexibility index (Phi) is 2.79. The van der Waals surface area contributed by atoms with Crippen LogP contribution < -0.4 is 5.73 Å². The Morgan fingerprint density at radius 2 is 2.12 bits per heavy atom. The molecule has 0 aromatic heterocycles. The molecule has 1 aliphatic carbocycles. The Hall–Kier alpha value is -1.09. The van der Waals surface area contributed by atoms with Crippen LogP contribution in [0.5, 0.6) is 0 Å². The molecule has 0 aromatic carbocycles. The maximum atomic E-state index is 11.4. The summed E-state index contributed by atoms with van der Waals surface area (Å²) in [6.45, 7) is 2.00. The molecule has 2 saturated heterocycles. The monoisotopic (exact) mass is 232 g/mol. The fourth-order valence-corrected chi connectivity index (χ4v) is 3.70. The van der Waals surface area contributed by atoms with Crippen molar-refractivity contribution in [2.75, 3.05) is 13.1 Å². The van der Waals surface area contributed by atoms with Crippen molar-refractivity contribution >= 4 is 5.91 Å². The molecular formula is C14H20N2O. The molecule has 4 atom stereocenters. The lowest BCUT2D eigenvalue weighted by Crippen LogP contribution is -2.36. The van der Waals surface area contributed by atoms with E-state index < -0.39 is 0 Å². The quantitative estimate of drug-likeness (QED) is 0.741. The molecule has 2 aliphatic heterocycles. The van der Waals surface area contributed by atoms with Gasteiger partial charge in [-0.1, -0.05) is 24.3 Å². The molecule has 3 rings (SSSR count). The van der Waals surface area contributed by atoms with Crippen LogP contribution in [-0.4, -0.2) is 29.9 Å². The molecule has 0 spiro atoms. The first-order valence-corrected chi connectivity index (χ1v) is 6.64. The van der Waals surface area contributed by atoms with Crippen molar-refractivity contribution in [2.24, 2.45) is 23.5 Å². The van der Waals surface area contributed by atoms with Crippen LogP contribution in [0.15, 0.2) is 24.3 Å². The van der Waals surface area contributed by atoms with E-state index in [0.29, 0.717) is 17.9 Å². The molecule has 2 N–H and O–H groups in total. The summed E-state index contributed by atoms with van der Waals surface area (Å²) < 4.78 is 0. The van der Waals surface area contributed by atoms with Gasteiger partial charge in [0.1, 0.15) is 0 Å². The predicted octanol–water partition coefficient (Wildman–Crippen LogP) is 1.31. The van der Waals surface area contributed by atoms with Gasteiger partial charge in [-0.25, -0.2) is 0 Å². The SMILES string of the molecule is NC(=O)C1CC2C3C=CC=CC3CCCN2C1. The normalized spacial score (nSPS) is 40.7. The van der Waals surface area contributed by atoms with E-state index in [0.717, 1.165) is 19.5 Å². The van der Waals surface area contributed by atoms with Crippen LogP contribution in [0, 0.1) is 17.8 Å². The summed E-state index contributed by atoms with van der Waals surface area (Å²) in [5.41, 5.74) is 5.46. The molecule has 92 valence electrons. The molecule has 1 amide bonds. The molecule has 3 heteroatoms. The van der Waals surface area contributed by atoms with E-state index in [4.69, 9.17) is 5.73 Å². The first-order chi connectivity index (χ1) is 8.25. The summed E-state index contributed by atoms with van der Waals surface area (Å²) in [5, 5.41) is 0. The van der Waals surface area contributed by atoms with Crippen LogP contribution in [0.2, 0.25) is 0 Å². The highest BCUT2D eigenvalue weighted by Crippen LogP contribution is 2.39. The molecule has 3 aliphatic rings. The summed E-state index contributed by atoms with van der Waals surface area (Å²) in [6.07, 6.45) is 12.5. The standard InChI is InChI=1S/C14H20N2O/c15-14(17)11-8-13-12-6-2-1-4-10(12)5-3-7-16(13)9-11/h1-2,4,6,10-13H,3,5,7-9H2,(H2,15,17). The first-order valence-electron chi connectivity index (χ1n) is 6.64. The summed E-state index contributed by atoms with van der Waals surface area (Å²) in [4.78, 5) is 13.8. The molecule has 0 bridgehead atoms. The Bertz CT molecular complexity index is 374. The highest BCUT2D eigenvalue weighted by Gasteiger charge is 2.42. The summed E-state index contributed by atoms with van der Waals surface area (Å²) in [5.74, 6) is 1.21. The van der Waals surface area contributed by atoms with Gasteiger partial charge in [0.2, 0.25) is 5.91 Å². The van der Waals surface area contributed by atoms with Crippen LogP contribution >= 0.6 is 0 Å². The Morgan fingerprint density at radius 3 is 2.94 bits per heavy atom. The summed E-state index contributed by atoms with van der Waals surface area (Å²) in [6, 6.07) is 0.529. The van der Waals surface area contributed by atoms with Crippen LogP contribution in [0.4, 0.5) is 0 Å². The van der Waals surface area contributed by atoms with Gasteiger partial charge in [0.15, 0.2) is 0 Å². The largest absolute Gasteiger partial charge is 0.369 e. The second kappa shape index (κ2) is 4.30. The summed E-state index contributed by atoms with van der Waals surface area (Å²) in [7, 11) is 0. The number of carbonyl (C=O) groups is 1. The molecular weight excluding hydrogens is 212 g/mol. The van der Waals surface area contributed by atoms with Crippen molar-refractivity contribution in [2.45, 2.75) is 25.3 Å². The molecule has 2 heterocycles. The van der Waals surface area contributed by atoms with E-state index >= 15 is 0 Å². The Balaban J connectivity index is 1.82. The third-order valence-corrected chi connectivity index (χ3v) is 4.58. The van der Waals surface area contributed by atoms with Crippen LogP contribution in [0.1, 0.15) is 19.3 Å². The molecule has 4 unspecified atom stereocenters. The topological polar surface area (TPSA) is 46.3 Å². The number of fused-ring (bicyclic) bond motifs is 3. The minimum absolute atomic E-state index is 0.0676. The van der Waals surface area contributed by atoms with Gasteiger partial charge in [0, 0.05) is 12.6 Å². The maximum Gasteiger partial charge on any atom is 0.221 e. The van der Waals surface area contributed by atoms with Gasteiger partial charge >= 0.3 is 0 Å². The van der Waals surface area contributed by atoms with E-state index in [1.54, 1.807) is 0 Å². The number of amides is 1. The van der Waals surface area contributed by atoms with Crippen LogP contribution in [-0.2, 0) is 4.79 Å². The fourth-order valence-electron chi connectivity index (χ4n) is 3.70. The van der Waals surface area contributed by atoms with Gasteiger partial charge in [-0.3, -0.25) is 9.69 Å². The van der Waals surface area contributed by atoms with Crippen molar-refractivity contribution in [1.29, 1.82) is 0 Å². The highest BCUT2D eigenvalue weighted by atomic mass is 16.1. The Morgan fingerprint density at radius 1 is 1.29 bits per heavy atom. The molecule has 17 heavy (non-hydrogen) atoms. The minimum Gasteiger partial charge on any atom is -0.369 e. The zero-order valence-corrected chi connectivity index (χ0v) is 10.1. The fraction of sp³-hybridized carbons (Fsp3) is 0.643. The van der Waals surface area contributed by atoms with Crippen LogP contribution in [0.25, 0.3) is 0 Å². The lowest BCUT2D eigenvalue weighted by molar-refractivity contribution is -0.121. The lowest BCUT2D eigenvalue weighted by Gasteiger charge is -2.31. The zero-order valence-electron chi connectivity index (χ0n) is 10.1. The average Bonchev–Trinajstić information content (AvgIpc) is 2.67. The maximum absolute atomic E-state index is 11.4. The van der Waals surface area contributed by atoms with Gasteiger partial charge in [-0.05, 0) is 37.6 Å². The van der Waals surface area contributed by atoms with Gasteiger partial charge in [-0.2, -0.15) is 0 Å². The number of rotatable bonds is 1. The summed E-state index contributed by atoms with van der Waals surface area (Å²) >= 11 is 0. The second-order valence-corrected chi connectivity index (χ2v) is 5.55. The molecule has 3 nitrogen and oxygen atoms in total. The number of nitrogens with zero attached hydrogens (tertiary/aromatic N) is 1. The van der Waals surface area contributed by atoms with Crippen molar-refractivity contribution in [3.63, 3.8) is 0 Å². The highest BCUT2D eigenvalue weighted by molar-refractivity contribution is 5.77. The molecule has 0 radical (unpaired) electrons. The van der Waals surface area contributed by atoms with Crippen molar-refractivity contribution < 1.29 is 4.79 Å². The number of hydrogen-bond donors (Lipinski definition) is 1. The van der Waals surface area contributed by atoms with Crippen molar-refractivity contribution in [3.05, 3.63) is 24.3 Å². The number of hydrogen-bond acceptors (Lipinski definition) is 2.